The highest BCUT2D eigenvalue weighted by Gasteiger charge is 2.35. The Balaban J connectivity index is 0.993. The Bertz CT molecular complexity index is 3630. The van der Waals surface area contributed by atoms with E-state index in [-0.39, 0.29) is 11.8 Å². The molecule has 2 unspecified atom stereocenters. The van der Waals surface area contributed by atoms with Crippen LogP contribution in [0.4, 0.5) is 0 Å². The summed E-state index contributed by atoms with van der Waals surface area (Å²) in [5.74, 6) is 0.524. The number of benzene rings is 8. The van der Waals surface area contributed by atoms with Gasteiger partial charge in [-0.2, -0.15) is 0 Å². The fourth-order valence-electron chi connectivity index (χ4n) is 10.7. The molecule has 0 N–H and O–H groups in total. The number of nitrogens with zero attached hydrogens (tertiary/aromatic N) is 1. The Morgan fingerprint density at radius 3 is 2.20 bits per heavy atom. The fourth-order valence-corrected chi connectivity index (χ4v) is 12.0. The lowest BCUT2D eigenvalue weighted by Gasteiger charge is -2.37. The molecule has 3 aromatic heterocycles. The van der Waals surface area contributed by atoms with Crippen LogP contribution in [0.5, 0.6) is 0 Å². The molecule has 0 spiro atoms. The Morgan fingerprint density at radius 1 is 0.550 bits per heavy atom. The number of aromatic nitrogens is 1. The van der Waals surface area contributed by atoms with E-state index in [0.29, 0.717) is 0 Å². The van der Waals surface area contributed by atoms with Gasteiger partial charge in [-0.25, -0.2) is 0 Å². The van der Waals surface area contributed by atoms with Crippen LogP contribution in [0.3, 0.4) is 0 Å². The summed E-state index contributed by atoms with van der Waals surface area (Å²) in [6, 6.07) is 63.1. The number of thiophene rings is 1. The molecule has 3 heteroatoms. The van der Waals surface area contributed by atoms with Crippen molar-refractivity contribution < 1.29 is 4.42 Å². The van der Waals surface area contributed by atoms with E-state index in [1.807, 2.05) is 11.3 Å². The maximum atomic E-state index is 6.30. The van der Waals surface area contributed by atoms with Gasteiger partial charge < -0.3 is 8.98 Å². The van der Waals surface area contributed by atoms with E-state index in [1.165, 1.54) is 97.6 Å². The molecule has 2 aliphatic rings. The van der Waals surface area contributed by atoms with Crippen molar-refractivity contribution in [3.8, 4) is 27.9 Å². The van der Waals surface area contributed by atoms with Crippen molar-refractivity contribution in [2.24, 2.45) is 0 Å². The molecule has 0 saturated carbocycles. The lowest BCUT2D eigenvalue weighted by molar-refractivity contribution is 0.612. The van der Waals surface area contributed by atoms with Gasteiger partial charge in [-0.1, -0.05) is 134 Å². The van der Waals surface area contributed by atoms with E-state index in [9.17, 15) is 0 Å². The molecule has 13 rings (SSSR count). The van der Waals surface area contributed by atoms with Gasteiger partial charge >= 0.3 is 0 Å². The quantitative estimate of drug-likeness (QED) is 0.174. The molecule has 2 atom stereocenters. The van der Waals surface area contributed by atoms with Crippen LogP contribution in [0.2, 0.25) is 0 Å². The molecule has 0 amide bonds. The minimum absolute atomic E-state index is 0.246. The van der Waals surface area contributed by atoms with Crippen molar-refractivity contribution in [1.29, 1.82) is 0 Å². The largest absolute Gasteiger partial charge is 0.456 e. The molecule has 11 aromatic rings. The number of fused-ring (bicyclic) bond motifs is 11. The highest BCUT2D eigenvalue weighted by Crippen LogP contribution is 2.54. The minimum atomic E-state index is 0.246. The monoisotopic (exact) mass is 785 g/mol. The lowest BCUT2D eigenvalue weighted by atomic mass is 9.66. The van der Waals surface area contributed by atoms with Crippen molar-refractivity contribution in [1.82, 2.24) is 4.57 Å². The molecule has 0 aliphatic heterocycles. The van der Waals surface area contributed by atoms with E-state index < -0.39 is 0 Å². The lowest BCUT2D eigenvalue weighted by Crippen LogP contribution is -2.20. The number of hydrogen-bond acceptors (Lipinski definition) is 2. The Hall–Kier alpha value is -6.94. The third-order valence-corrected chi connectivity index (χ3v) is 14.7. The summed E-state index contributed by atoms with van der Waals surface area (Å²) in [6.45, 7) is 2.48. The number of allylic oxidation sites excluding steroid dienone is 4. The SMILES string of the molecule is CC1c2cc(-c3ccc4c5ccccc5n(-c5ccccc5)c4c3)ccc2C2=C(CCC=C2)C1c1cc(-c2ccc3oc4ccccc4c3c2)c2sc3ccccc3c2c1. The second-order valence-electron chi connectivity index (χ2n) is 16.7. The summed E-state index contributed by atoms with van der Waals surface area (Å²) < 4.78 is 11.4. The summed E-state index contributed by atoms with van der Waals surface area (Å²) in [5, 5.41) is 7.57. The van der Waals surface area contributed by atoms with Gasteiger partial charge in [-0.3, -0.25) is 0 Å². The number of hydrogen-bond donors (Lipinski definition) is 0. The summed E-state index contributed by atoms with van der Waals surface area (Å²) in [5.41, 5.74) is 17.7. The average molecular weight is 786 g/mol. The smallest absolute Gasteiger partial charge is 0.135 e. The zero-order chi connectivity index (χ0) is 39.5. The highest BCUT2D eigenvalue weighted by molar-refractivity contribution is 7.26. The van der Waals surface area contributed by atoms with Crippen LogP contribution < -0.4 is 0 Å². The van der Waals surface area contributed by atoms with Crippen LogP contribution in [0.15, 0.2) is 192 Å². The molecule has 0 bridgehead atoms. The Labute approximate surface area is 351 Å². The fraction of sp³-hybridized carbons (Fsp3) is 0.0877. The van der Waals surface area contributed by atoms with E-state index in [1.54, 1.807) is 5.57 Å². The molecule has 2 nitrogen and oxygen atoms in total. The van der Waals surface area contributed by atoms with Gasteiger partial charge in [0, 0.05) is 53.3 Å². The normalized spacial score (nSPS) is 16.5. The van der Waals surface area contributed by atoms with Crippen molar-refractivity contribution in [2.45, 2.75) is 31.6 Å². The van der Waals surface area contributed by atoms with Crippen molar-refractivity contribution in [3.63, 3.8) is 0 Å². The molecule has 2 aliphatic carbocycles. The highest BCUT2D eigenvalue weighted by atomic mass is 32.1. The maximum Gasteiger partial charge on any atom is 0.135 e. The van der Waals surface area contributed by atoms with Crippen LogP contribution in [-0.2, 0) is 0 Å². The van der Waals surface area contributed by atoms with Gasteiger partial charge in [0.15, 0.2) is 0 Å². The molecule has 3 heterocycles. The topological polar surface area (TPSA) is 18.1 Å². The van der Waals surface area contributed by atoms with Crippen LogP contribution in [0, 0.1) is 0 Å². The van der Waals surface area contributed by atoms with Gasteiger partial charge in [0.2, 0.25) is 0 Å². The number of rotatable bonds is 4. The van der Waals surface area contributed by atoms with Crippen molar-refractivity contribution in [2.75, 3.05) is 0 Å². The number of para-hydroxylation sites is 3. The minimum Gasteiger partial charge on any atom is -0.456 e. The predicted octanol–water partition coefficient (Wildman–Crippen LogP) is 16.4. The van der Waals surface area contributed by atoms with E-state index in [0.717, 1.165) is 29.4 Å². The second kappa shape index (κ2) is 13.0. The summed E-state index contributed by atoms with van der Waals surface area (Å²) >= 11 is 1.91. The molecule has 0 fully saturated rings. The van der Waals surface area contributed by atoms with Crippen LogP contribution in [0.25, 0.3) is 97.4 Å². The van der Waals surface area contributed by atoms with Gasteiger partial charge in [-0.15, -0.1) is 11.3 Å². The molecular weight excluding hydrogens is 747 g/mol. The summed E-state index contributed by atoms with van der Waals surface area (Å²) in [7, 11) is 0. The second-order valence-corrected chi connectivity index (χ2v) is 17.8. The summed E-state index contributed by atoms with van der Waals surface area (Å²) in [4.78, 5) is 0. The van der Waals surface area contributed by atoms with E-state index in [2.05, 4.69) is 194 Å². The first-order chi connectivity index (χ1) is 29.7. The molecule has 60 heavy (non-hydrogen) atoms. The summed E-state index contributed by atoms with van der Waals surface area (Å²) in [6.07, 6.45) is 6.95. The third kappa shape index (κ3) is 4.99. The Kier molecular flexibility index (Phi) is 7.38. The first-order valence-corrected chi connectivity index (χ1v) is 22.0. The van der Waals surface area contributed by atoms with Gasteiger partial charge in [0.1, 0.15) is 11.2 Å². The van der Waals surface area contributed by atoms with Gasteiger partial charge in [0.25, 0.3) is 0 Å². The van der Waals surface area contributed by atoms with Gasteiger partial charge in [0.05, 0.1) is 11.0 Å². The van der Waals surface area contributed by atoms with Crippen LogP contribution in [0.1, 0.15) is 48.3 Å². The molecular formula is C57H39NOS. The molecule has 8 aromatic carbocycles. The maximum absolute atomic E-state index is 6.30. The van der Waals surface area contributed by atoms with Crippen LogP contribution >= 0.6 is 11.3 Å². The van der Waals surface area contributed by atoms with Crippen molar-refractivity contribution >= 4 is 80.8 Å². The van der Waals surface area contributed by atoms with E-state index in [4.69, 9.17) is 4.42 Å². The zero-order valence-corrected chi connectivity index (χ0v) is 34.0. The first-order valence-electron chi connectivity index (χ1n) is 21.2. The predicted molar refractivity (Wildman–Crippen MR) is 255 cm³/mol. The molecule has 0 radical (unpaired) electrons. The Morgan fingerprint density at radius 2 is 1.28 bits per heavy atom. The number of furan rings is 1. The zero-order valence-electron chi connectivity index (χ0n) is 33.2. The van der Waals surface area contributed by atoms with Gasteiger partial charge in [-0.05, 0) is 124 Å². The van der Waals surface area contributed by atoms with Crippen molar-refractivity contribution in [3.05, 3.63) is 204 Å². The standard InChI is InChI=1S/C57H39NOS/c1-34-47-29-35(36-24-27-43-42-16-7-10-20-51(42)58(52(43)33-36)39-13-3-2-4-14-39)23-26-41(47)40-15-5-6-19-46(40)56(34)38-31-48(57-50(32-38)45-18-9-12-22-55(45)60-57)37-25-28-54-49(30-37)44-17-8-11-21-53(44)59-54/h2-5,7-18,20-34,56H,6,19H2,1H3. The molecule has 284 valence electrons. The first kappa shape index (κ1) is 34.0. The average Bonchev–Trinajstić information content (AvgIpc) is 3.98. The third-order valence-electron chi connectivity index (χ3n) is 13.5. The van der Waals surface area contributed by atoms with E-state index >= 15 is 0 Å². The van der Waals surface area contributed by atoms with Crippen LogP contribution in [-0.4, -0.2) is 4.57 Å². The molecule has 0 saturated heterocycles.